The minimum atomic E-state index is -0.441. The van der Waals surface area contributed by atoms with Gasteiger partial charge in [-0.15, -0.1) is 6.58 Å². The molecule has 0 unspecified atom stereocenters. The topological polar surface area (TPSA) is 46.3 Å². The van der Waals surface area contributed by atoms with Gasteiger partial charge in [0, 0.05) is 13.1 Å². The predicted molar refractivity (Wildman–Crippen MR) is 64.5 cm³/mol. The van der Waals surface area contributed by atoms with E-state index < -0.39 is 6.04 Å². The van der Waals surface area contributed by atoms with E-state index in [4.69, 9.17) is 5.73 Å². The van der Waals surface area contributed by atoms with Crippen LogP contribution in [0.25, 0.3) is 0 Å². The summed E-state index contributed by atoms with van der Waals surface area (Å²) >= 11 is 0. The van der Waals surface area contributed by atoms with E-state index in [-0.39, 0.29) is 11.3 Å². The lowest BCUT2D eigenvalue weighted by atomic mass is 9.86. The summed E-state index contributed by atoms with van der Waals surface area (Å²) < 4.78 is 0. The fourth-order valence-corrected chi connectivity index (χ4v) is 1.28. The minimum absolute atomic E-state index is 0.0178. The number of carbonyl (C=O) groups is 1. The molecule has 0 fully saturated rings. The third-order valence-corrected chi connectivity index (χ3v) is 2.35. The number of carbonyl (C=O) groups excluding carboxylic acids is 1. The molecule has 0 bridgehead atoms. The summed E-state index contributed by atoms with van der Waals surface area (Å²) in [5.41, 5.74) is 5.74. The van der Waals surface area contributed by atoms with Crippen LogP contribution in [-0.2, 0) is 4.79 Å². The first-order valence-electron chi connectivity index (χ1n) is 5.49. The molecule has 2 N–H and O–H groups in total. The Morgan fingerprint density at radius 2 is 2.07 bits per heavy atom. The molecule has 0 aliphatic heterocycles. The Hall–Kier alpha value is -0.830. The Kier molecular flexibility index (Phi) is 5.58. The van der Waals surface area contributed by atoms with Crippen LogP contribution in [0.15, 0.2) is 12.7 Å². The maximum Gasteiger partial charge on any atom is 0.240 e. The molecule has 15 heavy (non-hydrogen) atoms. The van der Waals surface area contributed by atoms with Gasteiger partial charge in [-0.05, 0) is 11.8 Å². The monoisotopic (exact) mass is 212 g/mol. The lowest BCUT2D eigenvalue weighted by Gasteiger charge is -2.31. The highest BCUT2D eigenvalue weighted by Crippen LogP contribution is 2.19. The zero-order chi connectivity index (χ0) is 12.1. The van der Waals surface area contributed by atoms with Gasteiger partial charge in [-0.2, -0.15) is 0 Å². The van der Waals surface area contributed by atoms with Gasteiger partial charge in [0.15, 0.2) is 0 Å². The molecule has 0 aliphatic rings. The van der Waals surface area contributed by atoms with Gasteiger partial charge in [-0.3, -0.25) is 4.79 Å². The molecule has 0 saturated carbocycles. The van der Waals surface area contributed by atoms with Crippen LogP contribution < -0.4 is 5.73 Å². The molecule has 1 atom stereocenters. The van der Waals surface area contributed by atoms with Crippen molar-refractivity contribution in [2.75, 3.05) is 13.1 Å². The van der Waals surface area contributed by atoms with Gasteiger partial charge >= 0.3 is 0 Å². The predicted octanol–water partition coefficient (Wildman–Crippen LogP) is 1.78. The largest absolute Gasteiger partial charge is 0.338 e. The van der Waals surface area contributed by atoms with Crippen LogP contribution in [0, 0.1) is 5.41 Å². The second-order valence-electron chi connectivity index (χ2n) is 4.92. The van der Waals surface area contributed by atoms with E-state index in [0.29, 0.717) is 6.54 Å². The fraction of sp³-hybridized carbons (Fsp3) is 0.750. The quantitative estimate of drug-likeness (QED) is 0.706. The first kappa shape index (κ1) is 14.2. The number of hydrogen-bond donors (Lipinski definition) is 1. The van der Waals surface area contributed by atoms with Gasteiger partial charge in [0.1, 0.15) is 0 Å². The number of nitrogens with two attached hydrogens (primary N) is 1. The first-order valence-corrected chi connectivity index (χ1v) is 5.49. The van der Waals surface area contributed by atoms with Crippen LogP contribution in [-0.4, -0.2) is 29.9 Å². The molecule has 0 aromatic heterocycles. The highest BCUT2D eigenvalue weighted by molar-refractivity contribution is 5.82. The zero-order valence-electron chi connectivity index (χ0n) is 10.4. The van der Waals surface area contributed by atoms with E-state index in [2.05, 4.69) is 6.58 Å². The Morgan fingerprint density at radius 1 is 1.53 bits per heavy atom. The van der Waals surface area contributed by atoms with Crippen molar-refractivity contribution < 1.29 is 4.79 Å². The highest BCUT2D eigenvalue weighted by Gasteiger charge is 2.30. The molecule has 88 valence electrons. The summed E-state index contributed by atoms with van der Waals surface area (Å²) in [6.45, 7) is 13.0. The third kappa shape index (κ3) is 4.47. The van der Waals surface area contributed by atoms with Crippen LogP contribution in [0.2, 0.25) is 0 Å². The van der Waals surface area contributed by atoms with Crippen molar-refractivity contribution in [3.05, 3.63) is 12.7 Å². The molecule has 0 heterocycles. The average Bonchev–Trinajstić information content (AvgIpc) is 2.14. The molecule has 0 saturated heterocycles. The molecular weight excluding hydrogens is 188 g/mol. The van der Waals surface area contributed by atoms with Gasteiger partial charge in [0.05, 0.1) is 6.04 Å². The van der Waals surface area contributed by atoms with E-state index in [9.17, 15) is 4.79 Å². The number of nitrogens with zero attached hydrogens (tertiary/aromatic N) is 1. The molecule has 3 heteroatoms. The number of rotatable bonds is 5. The molecule has 0 rings (SSSR count). The van der Waals surface area contributed by atoms with E-state index in [1.165, 1.54) is 0 Å². The maximum atomic E-state index is 12.0. The van der Waals surface area contributed by atoms with Crippen molar-refractivity contribution in [2.24, 2.45) is 11.1 Å². The van der Waals surface area contributed by atoms with Crippen LogP contribution in [0.1, 0.15) is 34.1 Å². The average molecular weight is 212 g/mol. The highest BCUT2D eigenvalue weighted by atomic mass is 16.2. The summed E-state index contributed by atoms with van der Waals surface area (Å²) in [5, 5.41) is 0. The van der Waals surface area contributed by atoms with Gasteiger partial charge < -0.3 is 10.6 Å². The van der Waals surface area contributed by atoms with Gasteiger partial charge in [0.25, 0.3) is 0 Å². The van der Waals surface area contributed by atoms with Crippen molar-refractivity contribution in [3.63, 3.8) is 0 Å². The molecule has 0 aliphatic carbocycles. The smallest absolute Gasteiger partial charge is 0.240 e. The van der Waals surface area contributed by atoms with Crippen molar-refractivity contribution >= 4 is 5.91 Å². The Bertz CT molecular complexity index is 218. The first-order chi connectivity index (χ1) is 6.84. The fourth-order valence-electron chi connectivity index (χ4n) is 1.28. The van der Waals surface area contributed by atoms with Crippen LogP contribution in [0.3, 0.4) is 0 Å². The number of hydrogen-bond acceptors (Lipinski definition) is 2. The van der Waals surface area contributed by atoms with E-state index in [1.54, 1.807) is 11.0 Å². The summed E-state index contributed by atoms with van der Waals surface area (Å²) in [7, 11) is 0. The molecule has 0 aromatic rings. The van der Waals surface area contributed by atoms with Crippen molar-refractivity contribution in [2.45, 2.75) is 40.2 Å². The molecule has 0 spiro atoms. The third-order valence-electron chi connectivity index (χ3n) is 2.35. The minimum Gasteiger partial charge on any atom is -0.338 e. The second kappa shape index (κ2) is 5.91. The zero-order valence-corrected chi connectivity index (χ0v) is 10.4. The Morgan fingerprint density at radius 3 is 2.40 bits per heavy atom. The normalized spacial score (nSPS) is 13.4. The molecule has 3 nitrogen and oxygen atoms in total. The molecular formula is C12H24N2O. The van der Waals surface area contributed by atoms with Gasteiger partial charge in [-0.1, -0.05) is 33.8 Å². The Labute approximate surface area is 93.3 Å². The lowest BCUT2D eigenvalue weighted by molar-refractivity contribution is -0.134. The van der Waals surface area contributed by atoms with Gasteiger partial charge in [-0.25, -0.2) is 0 Å². The summed E-state index contributed by atoms with van der Waals surface area (Å²) in [5.74, 6) is 0.0178. The summed E-state index contributed by atoms with van der Waals surface area (Å²) in [6, 6.07) is -0.441. The molecule has 0 aromatic carbocycles. The maximum absolute atomic E-state index is 12.0. The SMILES string of the molecule is C=CCN(CCC)C(=O)[C@@H](N)C(C)(C)C. The van der Waals surface area contributed by atoms with Crippen molar-refractivity contribution in [1.29, 1.82) is 0 Å². The van der Waals surface area contributed by atoms with E-state index in [0.717, 1.165) is 13.0 Å². The summed E-state index contributed by atoms with van der Waals surface area (Å²) in [6.07, 6.45) is 2.68. The van der Waals surface area contributed by atoms with Crippen LogP contribution >= 0.6 is 0 Å². The lowest BCUT2D eigenvalue weighted by Crippen LogP contribution is -2.50. The molecule has 1 amide bonds. The number of amides is 1. The van der Waals surface area contributed by atoms with Crippen LogP contribution in [0.4, 0.5) is 0 Å². The Balaban J connectivity index is 4.55. The molecule has 0 radical (unpaired) electrons. The second-order valence-corrected chi connectivity index (χ2v) is 4.92. The summed E-state index contributed by atoms with van der Waals surface area (Å²) in [4.78, 5) is 13.8. The standard InChI is InChI=1S/C12H24N2O/c1-6-8-14(9-7-2)11(15)10(13)12(3,4)5/h6,10H,1,7-9,13H2,2-5H3/t10-/m1/s1. The van der Waals surface area contributed by atoms with Gasteiger partial charge in [0.2, 0.25) is 5.91 Å². The van der Waals surface area contributed by atoms with E-state index in [1.807, 2.05) is 27.7 Å². The van der Waals surface area contributed by atoms with Crippen molar-refractivity contribution in [1.82, 2.24) is 4.90 Å². The van der Waals surface area contributed by atoms with Crippen molar-refractivity contribution in [3.8, 4) is 0 Å². The van der Waals surface area contributed by atoms with Crippen LogP contribution in [0.5, 0.6) is 0 Å². The van der Waals surface area contributed by atoms with E-state index >= 15 is 0 Å².